The van der Waals surface area contributed by atoms with E-state index in [0.717, 1.165) is 11.1 Å². The summed E-state index contributed by atoms with van der Waals surface area (Å²) in [4.78, 5) is 0. The van der Waals surface area contributed by atoms with E-state index in [1.54, 1.807) is 23.5 Å². The highest BCUT2D eigenvalue weighted by Gasteiger charge is 2.30. The number of phenolic OH excluding ortho intramolecular Hbond substituents is 1. The lowest BCUT2D eigenvalue weighted by Crippen LogP contribution is -2.20. The van der Waals surface area contributed by atoms with Crippen molar-refractivity contribution in [2.75, 3.05) is 0 Å². The van der Waals surface area contributed by atoms with Gasteiger partial charge in [-0.15, -0.1) is 0 Å². The summed E-state index contributed by atoms with van der Waals surface area (Å²) >= 11 is 1.56. The standard InChI is InChI=1S/C14H10N2O2S/c15-6-11-13(8-3-4-19-7-8)10-2-1-9(17)5-12(10)18-14(11)16/h1-5,7,13,17H,16H2. The molecule has 1 aromatic carbocycles. The van der Waals surface area contributed by atoms with Crippen molar-refractivity contribution in [3.63, 3.8) is 0 Å². The van der Waals surface area contributed by atoms with Crippen molar-refractivity contribution >= 4 is 11.3 Å². The first-order valence-corrected chi connectivity index (χ1v) is 6.57. The molecule has 1 unspecified atom stereocenters. The van der Waals surface area contributed by atoms with Gasteiger partial charge in [-0.3, -0.25) is 0 Å². The Kier molecular flexibility index (Phi) is 2.65. The van der Waals surface area contributed by atoms with Crippen LogP contribution in [0.3, 0.4) is 0 Å². The van der Waals surface area contributed by atoms with Crippen LogP contribution in [0.15, 0.2) is 46.5 Å². The smallest absolute Gasteiger partial charge is 0.205 e. The Balaban J connectivity index is 2.23. The summed E-state index contributed by atoms with van der Waals surface area (Å²) in [5, 5.41) is 22.7. The van der Waals surface area contributed by atoms with Gasteiger partial charge in [0.05, 0.1) is 5.92 Å². The van der Waals surface area contributed by atoms with Crippen LogP contribution in [-0.4, -0.2) is 5.11 Å². The SMILES string of the molecule is N#CC1=C(N)Oc2cc(O)ccc2C1c1ccsc1. The lowest BCUT2D eigenvalue weighted by molar-refractivity contribution is 0.388. The highest BCUT2D eigenvalue weighted by molar-refractivity contribution is 7.08. The van der Waals surface area contributed by atoms with Crippen molar-refractivity contribution in [2.24, 2.45) is 5.73 Å². The van der Waals surface area contributed by atoms with Crippen LogP contribution in [-0.2, 0) is 0 Å². The highest BCUT2D eigenvalue weighted by Crippen LogP contribution is 2.43. The molecule has 0 saturated heterocycles. The summed E-state index contributed by atoms with van der Waals surface area (Å²) in [5.41, 5.74) is 8.04. The van der Waals surface area contributed by atoms with E-state index in [0.29, 0.717) is 11.3 Å². The fourth-order valence-corrected chi connectivity index (χ4v) is 2.91. The van der Waals surface area contributed by atoms with Gasteiger partial charge in [0.1, 0.15) is 23.1 Å². The summed E-state index contributed by atoms with van der Waals surface area (Å²) < 4.78 is 5.42. The number of nitriles is 1. The number of benzene rings is 1. The quantitative estimate of drug-likeness (QED) is 0.835. The van der Waals surface area contributed by atoms with Crippen LogP contribution < -0.4 is 10.5 Å². The van der Waals surface area contributed by atoms with E-state index in [1.165, 1.54) is 6.07 Å². The number of fused-ring (bicyclic) bond motifs is 1. The first-order chi connectivity index (χ1) is 9.20. The summed E-state index contributed by atoms with van der Waals surface area (Å²) in [5.74, 6) is 0.459. The van der Waals surface area contributed by atoms with Crippen molar-refractivity contribution < 1.29 is 9.84 Å². The lowest BCUT2D eigenvalue weighted by Gasteiger charge is -2.25. The number of allylic oxidation sites excluding steroid dienone is 1. The zero-order chi connectivity index (χ0) is 13.4. The minimum Gasteiger partial charge on any atom is -0.508 e. The molecule has 1 aromatic heterocycles. The average Bonchev–Trinajstić information content (AvgIpc) is 2.90. The predicted octanol–water partition coefficient (Wildman–Crippen LogP) is 2.67. The molecule has 0 spiro atoms. The zero-order valence-electron chi connectivity index (χ0n) is 9.83. The molecule has 3 N–H and O–H groups in total. The number of hydrogen-bond acceptors (Lipinski definition) is 5. The van der Waals surface area contributed by atoms with Crippen LogP contribution in [0.25, 0.3) is 0 Å². The third kappa shape index (κ3) is 1.83. The molecule has 1 atom stereocenters. The zero-order valence-corrected chi connectivity index (χ0v) is 10.6. The van der Waals surface area contributed by atoms with Crippen molar-refractivity contribution in [1.82, 2.24) is 0 Å². The fourth-order valence-electron chi connectivity index (χ4n) is 2.23. The lowest BCUT2D eigenvalue weighted by atomic mass is 9.85. The average molecular weight is 270 g/mol. The Bertz CT molecular complexity index is 699. The Morgan fingerprint density at radius 2 is 2.21 bits per heavy atom. The van der Waals surface area contributed by atoms with E-state index in [2.05, 4.69) is 6.07 Å². The Morgan fingerprint density at radius 3 is 2.89 bits per heavy atom. The monoisotopic (exact) mass is 270 g/mol. The second-order valence-corrected chi connectivity index (χ2v) is 4.98. The van der Waals surface area contributed by atoms with Gasteiger partial charge in [0.25, 0.3) is 0 Å². The van der Waals surface area contributed by atoms with Gasteiger partial charge in [-0.05, 0) is 28.5 Å². The number of hydrogen-bond donors (Lipinski definition) is 2. The molecule has 0 bridgehead atoms. The third-order valence-corrected chi connectivity index (χ3v) is 3.78. The Hall–Kier alpha value is -2.45. The number of aromatic hydroxyl groups is 1. The molecular formula is C14H10N2O2S. The van der Waals surface area contributed by atoms with E-state index >= 15 is 0 Å². The molecule has 3 rings (SSSR count). The molecule has 2 heterocycles. The number of phenols is 1. The second kappa shape index (κ2) is 4.34. The summed E-state index contributed by atoms with van der Waals surface area (Å²) in [6.45, 7) is 0. The van der Waals surface area contributed by atoms with Gasteiger partial charge in [0, 0.05) is 11.6 Å². The predicted molar refractivity (Wildman–Crippen MR) is 71.7 cm³/mol. The Labute approximate surface area is 114 Å². The maximum absolute atomic E-state index is 9.51. The molecule has 0 saturated carbocycles. The molecule has 1 aliphatic rings. The molecule has 0 aliphatic carbocycles. The first kappa shape index (κ1) is 11.6. The van der Waals surface area contributed by atoms with Crippen molar-refractivity contribution in [3.05, 3.63) is 57.6 Å². The molecular weight excluding hydrogens is 260 g/mol. The van der Waals surface area contributed by atoms with E-state index in [9.17, 15) is 10.4 Å². The summed E-state index contributed by atoms with van der Waals surface area (Å²) in [7, 11) is 0. The van der Waals surface area contributed by atoms with Gasteiger partial charge in [0.2, 0.25) is 5.88 Å². The van der Waals surface area contributed by atoms with Crippen LogP contribution in [0.5, 0.6) is 11.5 Å². The van der Waals surface area contributed by atoms with Gasteiger partial charge in [0.15, 0.2) is 0 Å². The van der Waals surface area contributed by atoms with E-state index in [-0.39, 0.29) is 17.6 Å². The molecule has 5 heteroatoms. The minimum atomic E-state index is -0.236. The molecule has 4 nitrogen and oxygen atoms in total. The number of rotatable bonds is 1. The Morgan fingerprint density at radius 1 is 1.37 bits per heavy atom. The van der Waals surface area contributed by atoms with Crippen molar-refractivity contribution in [2.45, 2.75) is 5.92 Å². The number of nitrogens with two attached hydrogens (primary N) is 1. The number of thiophene rings is 1. The second-order valence-electron chi connectivity index (χ2n) is 4.20. The fraction of sp³-hybridized carbons (Fsp3) is 0.0714. The molecule has 19 heavy (non-hydrogen) atoms. The summed E-state index contributed by atoms with van der Waals surface area (Å²) in [6, 6.07) is 8.93. The number of nitrogens with zero attached hydrogens (tertiary/aromatic N) is 1. The first-order valence-electron chi connectivity index (χ1n) is 5.63. The van der Waals surface area contributed by atoms with E-state index in [1.807, 2.05) is 16.8 Å². The highest BCUT2D eigenvalue weighted by atomic mass is 32.1. The van der Waals surface area contributed by atoms with Crippen LogP contribution in [0, 0.1) is 11.3 Å². The van der Waals surface area contributed by atoms with E-state index in [4.69, 9.17) is 10.5 Å². The van der Waals surface area contributed by atoms with E-state index < -0.39 is 0 Å². The van der Waals surface area contributed by atoms with Crippen LogP contribution >= 0.6 is 11.3 Å². The molecule has 2 aromatic rings. The van der Waals surface area contributed by atoms with Crippen molar-refractivity contribution in [1.29, 1.82) is 5.26 Å². The molecule has 0 radical (unpaired) electrons. The molecule has 94 valence electrons. The molecule has 1 aliphatic heterocycles. The van der Waals surface area contributed by atoms with Crippen LogP contribution in [0.1, 0.15) is 17.0 Å². The van der Waals surface area contributed by atoms with Gasteiger partial charge in [-0.2, -0.15) is 16.6 Å². The van der Waals surface area contributed by atoms with Gasteiger partial charge in [-0.1, -0.05) is 6.07 Å². The normalized spacial score (nSPS) is 17.5. The maximum atomic E-state index is 9.51. The minimum absolute atomic E-state index is 0.0943. The van der Waals surface area contributed by atoms with Gasteiger partial charge in [-0.25, -0.2) is 0 Å². The third-order valence-electron chi connectivity index (χ3n) is 3.08. The van der Waals surface area contributed by atoms with Gasteiger partial charge >= 0.3 is 0 Å². The van der Waals surface area contributed by atoms with Gasteiger partial charge < -0.3 is 15.6 Å². The summed E-state index contributed by atoms with van der Waals surface area (Å²) in [6.07, 6.45) is 0. The number of ether oxygens (including phenoxy) is 1. The van der Waals surface area contributed by atoms with Crippen LogP contribution in [0.4, 0.5) is 0 Å². The van der Waals surface area contributed by atoms with Crippen LogP contribution in [0.2, 0.25) is 0 Å². The largest absolute Gasteiger partial charge is 0.508 e. The topological polar surface area (TPSA) is 79.3 Å². The molecule has 0 fully saturated rings. The maximum Gasteiger partial charge on any atom is 0.205 e. The molecule has 0 amide bonds. The van der Waals surface area contributed by atoms with Crippen molar-refractivity contribution in [3.8, 4) is 17.6 Å².